The summed E-state index contributed by atoms with van der Waals surface area (Å²) in [6.45, 7) is 1.40. The Morgan fingerprint density at radius 1 is 1.03 bits per heavy atom. The molecule has 0 bridgehead atoms. The lowest BCUT2D eigenvalue weighted by molar-refractivity contribution is -0.141. The third-order valence-electron chi connectivity index (χ3n) is 6.30. The standard InChI is InChI=1S/C29H31ClN2O4/c1-35-25-15-11-22(12-16-25)20-32(27(33)18-21-9-13-24(30)14-10-21)28(23-6-3-2-4-7-23)29(34)31-19-26-8-5-17-36-26/h2-4,6-7,9-16,26,28H,5,8,17-20H2,1H3,(H,31,34)/t26-,28-/m1/s1. The molecule has 7 heteroatoms. The van der Waals surface area contributed by atoms with Gasteiger partial charge in [-0.3, -0.25) is 9.59 Å². The van der Waals surface area contributed by atoms with Crippen molar-refractivity contribution < 1.29 is 19.1 Å². The zero-order valence-corrected chi connectivity index (χ0v) is 21.1. The summed E-state index contributed by atoms with van der Waals surface area (Å²) in [6.07, 6.45) is 2.06. The molecule has 3 aromatic rings. The quantitative estimate of drug-likeness (QED) is 0.422. The van der Waals surface area contributed by atoms with Crippen molar-refractivity contribution in [1.29, 1.82) is 0 Å². The van der Waals surface area contributed by atoms with Crippen LogP contribution in [0, 0.1) is 0 Å². The van der Waals surface area contributed by atoms with Crippen LogP contribution in [0.25, 0.3) is 0 Å². The summed E-state index contributed by atoms with van der Waals surface area (Å²) in [5.41, 5.74) is 2.48. The van der Waals surface area contributed by atoms with Crippen LogP contribution in [-0.2, 0) is 27.3 Å². The molecule has 0 saturated carbocycles. The molecule has 1 saturated heterocycles. The molecule has 0 aliphatic carbocycles. The first-order valence-electron chi connectivity index (χ1n) is 12.1. The molecule has 1 heterocycles. The third kappa shape index (κ3) is 6.86. The highest BCUT2D eigenvalue weighted by atomic mass is 35.5. The van der Waals surface area contributed by atoms with Gasteiger partial charge in [0.2, 0.25) is 11.8 Å². The predicted octanol–water partition coefficient (Wildman–Crippen LogP) is 4.96. The monoisotopic (exact) mass is 506 g/mol. The molecule has 0 unspecified atom stereocenters. The van der Waals surface area contributed by atoms with Crippen LogP contribution in [0.15, 0.2) is 78.9 Å². The van der Waals surface area contributed by atoms with Crippen LogP contribution in [0.3, 0.4) is 0 Å². The lowest BCUT2D eigenvalue weighted by Gasteiger charge is -2.32. The third-order valence-corrected chi connectivity index (χ3v) is 6.56. The van der Waals surface area contributed by atoms with E-state index in [1.165, 1.54) is 0 Å². The first-order valence-corrected chi connectivity index (χ1v) is 12.5. The number of rotatable bonds is 10. The molecule has 1 aliphatic rings. The average molecular weight is 507 g/mol. The molecule has 2 atom stereocenters. The summed E-state index contributed by atoms with van der Waals surface area (Å²) >= 11 is 6.03. The summed E-state index contributed by atoms with van der Waals surface area (Å²) < 4.78 is 11.0. The number of hydrogen-bond acceptors (Lipinski definition) is 4. The maximum absolute atomic E-state index is 13.8. The highest BCUT2D eigenvalue weighted by Crippen LogP contribution is 2.26. The van der Waals surface area contributed by atoms with Crippen molar-refractivity contribution >= 4 is 23.4 Å². The molecule has 6 nitrogen and oxygen atoms in total. The normalized spacial score (nSPS) is 15.8. The van der Waals surface area contributed by atoms with Crippen molar-refractivity contribution in [2.75, 3.05) is 20.3 Å². The lowest BCUT2D eigenvalue weighted by atomic mass is 10.0. The largest absolute Gasteiger partial charge is 0.497 e. The van der Waals surface area contributed by atoms with Gasteiger partial charge >= 0.3 is 0 Å². The molecular weight excluding hydrogens is 476 g/mol. The fourth-order valence-electron chi connectivity index (χ4n) is 4.35. The molecule has 188 valence electrons. The van der Waals surface area contributed by atoms with Crippen LogP contribution in [0.4, 0.5) is 0 Å². The Labute approximate surface area is 217 Å². The summed E-state index contributed by atoms with van der Waals surface area (Å²) in [6, 6.07) is 23.3. The number of ether oxygens (including phenoxy) is 2. The van der Waals surface area contributed by atoms with Gasteiger partial charge in [-0.2, -0.15) is 0 Å². The van der Waals surface area contributed by atoms with Gasteiger partial charge in [-0.15, -0.1) is 0 Å². The van der Waals surface area contributed by atoms with E-state index in [2.05, 4.69) is 5.32 Å². The molecule has 1 fully saturated rings. The molecule has 2 amide bonds. The number of amides is 2. The van der Waals surface area contributed by atoms with Gasteiger partial charge in [0.1, 0.15) is 11.8 Å². The van der Waals surface area contributed by atoms with Crippen molar-refractivity contribution in [2.24, 2.45) is 0 Å². The number of carbonyl (C=O) groups is 2. The van der Waals surface area contributed by atoms with E-state index < -0.39 is 6.04 Å². The van der Waals surface area contributed by atoms with Crippen molar-refractivity contribution in [3.63, 3.8) is 0 Å². The van der Waals surface area contributed by atoms with E-state index in [0.717, 1.165) is 35.3 Å². The second-order valence-corrected chi connectivity index (χ2v) is 9.30. The smallest absolute Gasteiger partial charge is 0.247 e. The van der Waals surface area contributed by atoms with E-state index >= 15 is 0 Å². The average Bonchev–Trinajstić information content (AvgIpc) is 3.43. The zero-order chi connectivity index (χ0) is 25.3. The summed E-state index contributed by atoms with van der Waals surface area (Å²) in [4.78, 5) is 29.1. The Balaban J connectivity index is 1.64. The molecule has 0 spiro atoms. The molecule has 1 N–H and O–H groups in total. The first-order chi connectivity index (χ1) is 17.5. The van der Waals surface area contributed by atoms with Gasteiger partial charge in [0.25, 0.3) is 0 Å². The van der Waals surface area contributed by atoms with Crippen molar-refractivity contribution in [2.45, 2.75) is 38.0 Å². The van der Waals surface area contributed by atoms with Gasteiger partial charge in [-0.1, -0.05) is 66.2 Å². The van der Waals surface area contributed by atoms with E-state index in [4.69, 9.17) is 21.1 Å². The number of hydrogen-bond donors (Lipinski definition) is 1. The second-order valence-electron chi connectivity index (χ2n) is 8.87. The Morgan fingerprint density at radius 2 is 1.72 bits per heavy atom. The molecule has 36 heavy (non-hydrogen) atoms. The van der Waals surface area contributed by atoms with Crippen molar-refractivity contribution in [3.8, 4) is 5.75 Å². The molecule has 1 aliphatic heterocycles. The maximum Gasteiger partial charge on any atom is 0.247 e. The van der Waals surface area contributed by atoms with Gasteiger partial charge in [0, 0.05) is 24.7 Å². The van der Waals surface area contributed by atoms with E-state index in [0.29, 0.717) is 18.2 Å². The number of benzene rings is 3. The minimum absolute atomic E-state index is 0.00480. The van der Waals surface area contributed by atoms with Crippen molar-refractivity contribution in [1.82, 2.24) is 10.2 Å². The van der Waals surface area contributed by atoms with Gasteiger partial charge in [-0.05, 0) is 53.8 Å². The summed E-state index contributed by atoms with van der Waals surface area (Å²) in [7, 11) is 1.61. The van der Waals surface area contributed by atoms with Crippen LogP contribution in [0.1, 0.15) is 35.6 Å². The van der Waals surface area contributed by atoms with E-state index in [1.807, 2.05) is 66.7 Å². The maximum atomic E-state index is 13.8. The molecular formula is C29H31ClN2O4. The minimum Gasteiger partial charge on any atom is -0.497 e. The number of nitrogens with one attached hydrogen (secondary N) is 1. The molecule has 0 aromatic heterocycles. The van der Waals surface area contributed by atoms with E-state index in [1.54, 1.807) is 24.1 Å². The van der Waals surface area contributed by atoms with Gasteiger partial charge in [0.05, 0.1) is 19.6 Å². The van der Waals surface area contributed by atoms with Crippen molar-refractivity contribution in [3.05, 3.63) is 101 Å². The predicted molar refractivity (Wildman–Crippen MR) is 140 cm³/mol. The van der Waals surface area contributed by atoms with Crippen LogP contribution in [-0.4, -0.2) is 43.1 Å². The number of nitrogens with zero attached hydrogens (tertiary/aromatic N) is 1. The highest BCUT2D eigenvalue weighted by molar-refractivity contribution is 6.30. The zero-order valence-electron chi connectivity index (χ0n) is 20.4. The van der Waals surface area contributed by atoms with Crippen LogP contribution < -0.4 is 10.1 Å². The van der Waals surface area contributed by atoms with Gasteiger partial charge < -0.3 is 19.7 Å². The van der Waals surface area contributed by atoms with Crippen LogP contribution in [0.2, 0.25) is 5.02 Å². The number of halogens is 1. The summed E-state index contributed by atoms with van der Waals surface area (Å²) in [5, 5.41) is 3.65. The molecule has 0 radical (unpaired) electrons. The first kappa shape index (κ1) is 25.7. The highest BCUT2D eigenvalue weighted by Gasteiger charge is 2.32. The Kier molecular flexibility index (Phi) is 8.98. The van der Waals surface area contributed by atoms with Crippen LogP contribution in [0.5, 0.6) is 5.75 Å². The van der Waals surface area contributed by atoms with Gasteiger partial charge in [0.15, 0.2) is 0 Å². The van der Waals surface area contributed by atoms with E-state index in [9.17, 15) is 9.59 Å². The SMILES string of the molecule is COc1ccc(CN(C(=O)Cc2ccc(Cl)cc2)[C@@H](C(=O)NC[C@H]2CCCO2)c2ccccc2)cc1. The fourth-order valence-corrected chi connectivity index (χ4v) is 4.48. The summed E-state index contributed by atoms with van der Waals surface area (Å²) in [5.74, 6) is 0.343. The van der Waals surface area contributed by atoms with E-state index in [-0.39, 0.29) is 30.9 Å². The lowest BCUT2D eigenvalue weighted by Crippen LogP contribution is -2.45. The number of carbonyl (C=O) groups excluding carboxylic acids is 2. The second kappa shape index (κ2) is 12.6. The molecule has 4 rings (SSSR count). The Hall–Kier alpha value is -3.35. The number of methoxy groups -OCH3 is 1. The van der Waals surface area contributed by atoms with Gasteiger partial charge in [-0.25, -0.2) is 0 Å². The van der Waals surface area contributed by atoms with Crippen LogP contribution >= 0.6 is 11.6 Å². The Bertz CT molecular complexity index is 1130. The topological polar surface area (TPSA) is 67.9 Å². The Morgan fingerprint density at radius 3 is 2.36 bits per heavy atom. The minimum atomic E-state index is -0.797. The fraction of sp³-hybridized carbons (Fsp3) is 0.310. The molecule has 3 aromatic carbocycles.